The molecule has 2 aromatic rings. The minimum absolute atomic E-state index is 0.119. The lowest BCUT2D eigenvalue weighted by molar-refractivity contribution is 0.154. The predicted octanol–water partition coefficient (Wildman–Crippen LogP) is 3.00. The third kappa shape index (κ3) is 5.22. The summed E-state index contributed by atoms with van der Waals surface area (Å²) < 4.78 is 0. The molecule has 2 atom stereocenters. The zero-order chi connectivity index (χ0) is 15.8. The second-order valence-electron chi connectivity index (χ2n) is 5.38. The van der Waals surface area contributed by atoms with Gasteiger partial charge in [0.15, 0.2) is 0 Å². The first-order valence-corrected chi connectivity index (χ1v) is 7.46. The van der Waals surface area contributed by atoms with Gasteiger partial charge in [-0.15, -0.1) is 0 Å². The first-order valence-electron chi connectivity index (χ1n) is 7.46. The van der Waals surface area contributed by atoms with Gasteiger partial charge in [0.1, 0.15) is 0 Å². The maximum absolute atomic E-state index is 11.8. The van der Waals surface area contributed by atoms with Gasteiger partial charge in [-0.3, -0.25) is 0 Å². The molecule has 3 N–H and O–H groups in total. The van der Waals surface area contributed by atoms with Crippen molar-refractivity contribution in [2.45, 2.75) is 32.0 Å². The quantitative estimate of drug-likeness (QED) is 0.767. The number of hydrogen-bond donors (Lipinski definition) is 3. The molecule has 0 saturated heterocycles. The minimum Gasteiger partial charge on any atom is -0.388 e. The van der Waals surface area contributed by atoms with Crippen LogP contribution in [0.3, 0.4) is 0 Å². The molecule has 0 spiro atoms. The van der Waals surface area contributed by atoms with Crippen LogP contribution in [-0.2, 0) is 6.54 Å². The molecule has 2 aromatic carbocycles. The van der Waals surface area contributed by atoms with Crippen molar-refractivity contribution in [3.63, 3.8) is 0 Å². The van der Waals surface area contributed by atoms with Crippen molar-refractivity contribution in [2.75, 3.05) is 0 Å². The first-order chi connectivity index (χ1) is 10.6. The van der Waals surface area contributed by atoms with Crippen molar-refractivity contribution in [2.24, 2.45) is 0 Å². The lowest BCUT2D eigenvalue weighted by atomic mass is 10.0. The standard InChI is InChI=1S/C18H22N2O2/c1-14(12-17(21)16-10-6-3-7-11-16)20-18(22)19-13-15-8-4-2-5-9-15/h2-11,14,17,21H,12-13H2,1H3,(H2,19,20,22). The molecule has 0 aromatic heterocycles. The Morgan fingerprint density at radius 2 is 1.64 bits per heavy atom. The molecule has 2 rings (SSSR count). The molecule has 0 fully saturated rings. The molecule has 0 aliphatic carbocycles. The lowest BCUT2D eigenvalue weighted by Gasteiger charge is -2.18. The molecule has 0 heterocycles. The second kappa shape index (κ2) is 8.20. The van der Waals surface area contributed by atoms with E-state index in [1.165, 1.54) is 0 Å². The summed E-state index contributed by atoms with van der Waals surface area (Å²) >= 11 is 0. The summed E-state index contributed by atoms with van der Waals surface area (Å²) in [5, 5.41) is 15.8. The Morgan fingerprint density at radius 1 is 1.05 bits per heavy atom. The van der Waals surface area contributed by atoms with Crippen LogP contribution in [0.2, 0.25) is 0 Å². The van der Waals surface area contributed by atoms with E-state index in [1.54, 1.807) is 0 Å². The molecule has 0 bridgehead atoms. The van der Waals surface area contributed by atoms with E-state index in [2.05, 4.69) is 10.6 Å². The van der Waals surface area contributed by atoms with Crippen LogP contribution in [0.5, 0.6) is 0 Å². The molecule has 0 radical (unpaired) electrons. The number of amides is 2. The summed E-state index contributed by atoms with van der Waals surface area (Å²) in [5.41, 5.74) is 1.91. The molecular formula is C18H22N2O2. The predicted molar refractivity (Wildman–Crippen MR) is 87.3 cm³/mol. The van der Waals surface area contributed by atoms with Gasteiger partial charge < -0.3 is 15.7 Å². The summed E-state index contributed by atoms with van der Waals surface area (Å²) in [6.07, 6.45) is -0.103. The smallest absolute Gasteiger partial charge is 0.315 e. The Labute approximate surface area is 131 Å². The molecule has 4 heteroatoms. The molecule has 0 aliphatic rings. The highest BCUT2D eigenvalue weighted by molar-refractivity contribution is 5.74. The van der Waals surface area contributed by atoms with Crippen LogP contribution in [-0.4, -0.2) is 17.2 Å². The number of carbonyl (C=O) groups is 1. The summed E-state index contributed by atoms with van der Waals surface area (Å²) in [4.78, 5) is 11.8. The van der Waals surface area contributed by atoms with Crippen LogP contribution >= 0.6 is 0 Å². The van der Waals surface area contributed by atoms with Gasteiger partial charge in [-0.2, -0.15) is 0 Å². The van der Waals surface area contributed by atoms with Crippen molar-refractivity contribution >= 4 is 6.03 Å². The fourth-order valence-electron chi connectivity index (χ4n) is 2.26. The number of urea groups is 1. The van der Waals surface area contributed by atoms with Crippen LogP contribution in [0, 0.1) is 0 Å². The van der Waals surface area contributed by atoms with Gasteiger partial charge in [0.25, 0.3) is 0 Å². The van der Waals surface area contributed by atoms with Gasteiger partial charge >= 0.3 is 6.03 Å². The summed E-state index contributed by atoms with van der Waals surface area (Å²) in [5.74, 6) is 0. The topological polar surface area (TPSA) is 61.4 Å². The van der Waals surface area contributed by atoms with Crippen LogP contribution in [0.15, 0.2) is 60.7 Å². The van der Waals surface area contributed by atoms with E-state index < -0.39 is 6.10 Å². The maximum atomic E-state index is 11.8. The van der Waals surface area contributed by atoms with Crippen LogP contribution in [0.1, 0.15) is 30.6 Å². The summed E-state index contributed by atoms with van der Waals surface area (Å²) in [6, 6.07) is 18.9. The molecule has 2 amide bonds. The van der Waals surface area contributed by atoms with Gasteiger partial charge in [-0.1, -0.05) is 60.7 Å². The van der Waals surface area contributed by atoms with Crippen molar-refractivity contribution in [1.82, 2.24) is 10.6 Å². The number of aliphatic hydroxyl groups excluding tert-OH is 1. The normalized spacial score (nSPS) is 13.2. The Hall–Kier alpha value is -2.33. The fraction of sp³-hybridized carbons (Fsp3) is 0.278. The number of nitrogens with one attached hydrogen (secondary N) is 2. The third-order valence-corrected chi connectivity index (χ3v) is 3.43. The average molecular weight is 298 g/mol. The van der Waals surface area contributed by atoms with E-state index >= 15 is 0 Å². The van der Waals surface area contributed by atoms with E-state index in [0.717, 1.165) is 11.1 Å². The lowest BCUT2D eigenvalue weighted by Crippen LogP contribution is -2.41. The summed E-state index contributed by atoms with van der Waals surface area (Å²) in [6.45, 7) is 2.37. The Kier molecular flexibility index (Phi) is 5.98. The Bertz CT molecular complexity index is 572. The van der Waals surface area contributed by atoms with Crippen molar-refractivity contribution in [3.05, 3.63) is 71.8 Å². The molecule has 0 aliphatic heterocycles. The number of aliphatic hydroxyl groups is 1. The number of benzene rings is 2. The van der Waals surface area contributed by atoms with Crippen molar-refractivity contribution in [3.8, 4) is 0 Å². The van der Waals surface area contributed by atoms with E-state index in [9.17, 15) is 9.90 Å². The van der Waals surface area contributed by atoms with E-state index in [1.807, 2.05) is 67.6 Å². The van der Waals surface area contributed by atoms with E-state index in [0.29, 0.717) is 13.0 Å². The van der Waals surface area contributed by atoms with Crippen molar-refractivity contribution < 1.29 is 9.90 Å². The Morgan fingerprint density at radius 3 is 2.27 bits per heavy atom. The highest BCUT2D eigenvalue weighted by Crippen LogP contribution is 2.17. The van der Waals surface area contributed by atoms with E-state index in [4.69, 9.17) is 0 Å². The molecular weight excluding hydrogens is 276 g/mol. The maximum Gasteiger partial charge on any atom is 0.315 e. The Balaban J connectivity index is 1.74. The fourth-order valence-corrected chi connectivity index (χ4v) is 2.26. The molecule has 0 saturated carbocycles. The first kappa shape index (κ1) is 16.0. The molecule has 22 heavy (non-hydrogen) atoms. The average Bonchev–Trinajstić information content (AvgIpc) is 2.54. The number of rotatable bonds is 6. The van der Waals surface area contributed by atoms with Crippen LogP contribution < -0.4 is 10.6 Å². The summed E-state index contributed by atoms with van der Waals surface area (Å²) in [7, 11) is 0. The molecule has 4 nitrogen and oxygen atoms in total. The zero-order valence-electron chi connectivity index (χ0n) is 12.7. The third-order valence-electron chi connectivity index (χ3n) is 3.43. The second-order valence-corrected chi connectivity index (χ2v) is 5.38. The van der Waals surface area contributed by atoms with Crippen LogP contribution in [0.4, 0.5) is 4.79 Å². The largest absolute Gasteiger partial charge is 0.388 e. The van der Waals surface area contributed by atoms with Crippen LogP contribution in [0.25, 0.3) is 0 Å². The van der Waals surface area contributed by atoms with Gasteiger partial charge in [-0.05, 0) is 24.5 Å². The number of hydrogen-bond acceptors (Lipinski definition) is 2. The monoisotopic (exact) mass is 298 g/mol. The van der Waals surface area contributed by atoms with Gasteiger partial charge in [0, 0.05) is 12.6 Å². The zero-order valence-corrected chi connectivity index (χ0v) is 12.7. The van der Waals surface area contributed by atoms with Gasteiger partial charge in [0.2, 0.25) is 0 Å². The highest BCUT2D eigenvalue weighted by atomic mass is 16.3. The highest BCUT2D eigenvalue weighted by Gasteiger charge is 2.13. The van der Waals surface area contributed by atoms with Gasteiger partial charge in [0.05, 0.1) is 6.10 Å². The van der Waals surface area contributed by atoms with Crippen molar-refractivity contribution in [1.29, 1.82) is 0 Å². The molecule has 116 valence electrons. The van der Waals surface area contributed by atoms with Gasteiger partial charge in [-0.25, -0.2) is 4.79 Å². The molecule has 2 unspecified atom stereocenters. The number of carbonyl (C=O) groups excluding carboxylic acids is 1. The minimum atomic E-state index is -0.578. The van der Waals surface area contributed by atoms with E-state index in [-0.39, 0.29) is 12.1 Å². The SMILES string of the molecule is CC(CC(O)c1ccccc1)NC(=O)NCc1ccccc1.